The van der Waals surface area contributed by atoms with Gasteiger partial charge < -0.3 is 14.0 Å². The fraction of sp³-hybridized carbons (Fsp3) is 0.174. The molecule has 0 unspecified atom stereocenters. The Labute approximate surface area is 177 Å². The summed E-state index contributed by atoms with van der Waals surface area (Å²) >= 11 is 1.44. The maximum atomic E-state index is 13.0. The van der Waals surface area contributed by atoms with Crippen LogP contribution in [0, 0.1) is 13.8 Å². The van der Waals surface area contributed by atoms with Crippen LogP contribution >= 0.6 is 11.8 Å². The number of carbonyl (C=O) groups excluding carboxylic acids is 1. The number of hydrogen-bond acceptors (Lipinski definition) is 6. The van der Waals surface area contributed by atoms with Crippen molar-refractivity contribution in [2.45, 2.75) is 18.9 Å². The molecule has 0 fully saturated rings. The zero-order valence-corrected chi connectivity index (χ0v) is 17.4. The molecule has 2 aromatic carbocycles. The number of benzene rings is 2. The molecule has 0 saturated carbocycles. The maximum Gasteiger partial charge on any atom is 0.231 e. The molecule has 1 aliphatic rings. The van der Waals surface area contributed by atoms with Gasteiger partial charge in [-0.3, -0.25) is 4.79 Å². The molecule has 4 aromatic rings. The van der Waals surface area contributed by atoms with Gasteiger partial charge in [0.1, 0.15) is 11.4 Å². The molecular formula is C23H19N3O3S. The summed E-state index contributed by atoms with van der Waals surface area (Å²) in [4.78, 5) is 21.7. The van der Waals surface area contributed by atoms with Crippen molar-refractivity contribution >= 4 is 28.4 Å². The van der Waals surface area contributed by atoms with Crippen molar-refractivity contribution in [3.8, 4) is 17.2 Å². The highest BCUT2D eigenvalue weighted by molar-refractivity contribution is 8.00. The lowest BCUT2D eigenvalue weighted by molar-refractivity contribution is 0.102. The number of carbonyl (C=O) groups is 1. The molecule has 7 heteroatoms. The third-order valence-corrected chi connectivity index (χ3v) is 6.20. The predicted molar refractivity (Wildman–Crippen MR) is 116 cm³/mol. The SMILES string of the molecule is Cc1cc(C(=O)CSc2ncnc3ccccc23)c(C)n1-c1ccc2c(c1)OCO2. The summed E-state index contributed by atoms with van der Waals surface area (Å²) in [5.74, 6) is 1.85. The summed E-state index contributed by atoms with van der Waals surface area (Å²) in [5.41, 5.74) is 4.44. The number of rotatable bonds is 5. The maximum absolute atomic E-state index is 13.0. The first-order valence-electron chi connectivity index (χ1n) is 9.56. The van der Waals surface area contributed by atoms with Gasteiger partial charge in [-0.05, 0) is 38.1 Å². The molecule has 5 rings (SSSR count). The quantitative estimate of drug-likeness (QED) is 0.265. The van der Waals surface area contributed by atoms with E-state index in [4.69, 9.17) is 9.47 Å². The number of ether oxygens (including phenoxy) is 2. The van der Waals surface area contributed by atoms with Gasteiger partial charge in [-0.2, -0.15) is 0 Å². The topological polar surface area (TPSA) is 66.2 Å². The minimum Gasteiger partial charge on any atom is -0.454 e. The first-order chi connectivity index (χ1) is 14.6. The molecule has 0 atom stereocenters. The number of ketones is 1. The third kappa shape index (κ3) is 3.21. The molecule has 0 N–H and O–H groups in total. The highest BCUT2D eigenvalue weighted by Gasteiger charge is 2.20. The number of para-hydroxylation sites is 1. The predicted octanol–water partition coefficient (Wildman–Crippen LogP) is 4.74. The van der Waals surface area contributed by atoms with Crippen molar-refractivity contribution in [3.05, 3.63) is 71.8 Å². The average Bonchev–Trinajstić information content (AvgIpc) is 3.35. The number of fused-ring (bicyclic) bond motifs is 2. The molecule has 0 radical (unpaired) electrons. The molecule has 1 aliphatic heterocycles. The Morgan fingerprint density at radius 2 is 1.90 bits per heavy atom. The minimum atomic E-state index is 0.0720. The van der Waals surface area contributed by atoms with Gasteiger partial charge in [0, 0.05) is 34.1 Å². The number of thioether (sulfide) groups is 1. The van der Waals surface area contributed by atoms with Crippen molar-refractivity contribution < 1.29 is 14.3 Å². The van der Waals surface area contributed by atoms with Crippen LogP contribution in [-0.4, -0.2) is 32.9 Å². The van der Waals surface area contributed by atoms with E-state index in [0.29, 0.717) is 5.75 Å². The molecule has 0 spiro atoms. The monoisotopic (exact) mass is 417 g/mol. The summed E-state index contributed by atoms with van der Waals surface area (Å²) in [6, 6.07) is 15.6. The second-order valence-corrected chi connectivity index (χ2v) is 8.03. The van der Waals surface area contributed by atoms with Crippen molar-refractivity contribution in [1.82, 2.24) is 14.5 Å². The Morgan fingerprint density at radius 3 is 2.80 bits per heavy atom. The van der Waals surface area contributed by atoms with Crippen LogP contribution in [0.3, 0.4) is 0 Å². The van der Waals surface area contributed by atoms with Gasteiger partial charge in [0.15, 0.2) is 17.3 Å². The van der Waals surface area contributed by atoms with Gasteiger partial charge in [0.2, 0.25) is 6.79 Å². The van der Waals surface area contributed by atoms with Crippen LogP contribution in [0.1, 0.15) is 21.7 Å². The summed E-state index contributed by atoms with van der Waals surface area (Å²) in [6.45, 7) is 4.20. The first-order valence-corrected chi connectivity index (χ1v) is 10.5. The second-order valence-electron chi connectivity index (χ2n) is 7.07. The minimum absolute atomic E-state index is 0.0720. The van der Waals surface area contributed by atoms with E-state index in [-0.39, 0.29) is 12.6 Å². The Hall–Kier alpha value is -3.32. The third-order valence-electron chi connectivity index (χ3n) is 5.19. The summed E-state index contributed by atoms with van der Waals surface area (Å²) in [6.07, 6.45) is 1.54. The van der Waals surface area contributed by atoms with Gasteiger partial charge in [-0.15, -0.1) is 0 Å². The van der Waals surface area contributed by atoms with Crippen molar-refractivity contribution in [3.63, 3.8) is 0 Å². The molecule has 0 bridgehead atoms. The zero-order valence-electron chi connectivity index (χ0n) is 16.6. The Kier molecular flexibility index (Phi) is 4.67. The normalized spacial score (nSPS) is 12.5. The van der Waals surface area contributed by atoms with E-state index in [1.54, 1.807) is 6.33 Å². The molecule has 0 saturated heterocycles. The van der Waals surface area contributed by atoms with Crippen molar-refractivity contribution in [2.75, 3.05) is 12.5 Å². The van der Waals surface area contributed by atoms with E-state index in [0.717, 1.165) is 50.1 Å². The van der Waals surface area contributed by atoms with Crippen LogP contribution in [0.5, 0.6) is 11.5 Å². The highest BCUT2D eigenvalue weighted by atomic mass is 32.2. The lowest BCUT2D eigenvalue weighted by atomic mass is 10.2. The molecule has 30 heavy (non-hydrogen) atoms. The lowest BCUT2D eigenvalue weighted by Gasteiger charge is -2.11. The molecule has 2 aromatic heterocycles. The molecular weight excluding hydrogens is 398 g/mol. The first kappa shape index (κ1) is 18.7. The van der Waals surface area contributed by atoms with Crippen LogP contribution in [0.15, 0.2) is 59.9 Å². The Bertz CT molecular complexity index is 1280. The zero-order chi connectivity index (χ0) is 20.7. The summed E-state index contributed by atoms with van der Waals surface area (Å²) in [5, 5.41) is 1.78. The number of Topliss-reactive ketones (excluding diaryl/α,β-unsaturated/α-hetero) is 1. The van der Waals surface area contributed by atoms with Crippen molar-refractivity contribution in [1.29, 1.82) is 0 Å². The summed E-state index contributed by atoms with van der Waals surface area (Å²) < 4.78 is 13.0. The van der Waals surface area contributed by atoms with E-state index in [2.05, 4.69) is 14.5 Å². The molecule has 0 amide bonds. The number of aromatic nitrogens is 3. The van der Waals surface area contributed by atoms with Crippen LogP contribution in [-0.2, 0) is 0 Å². The van der Waals surface area contributed by atoms with Gasteiger partial charge in [-0.25, -0.2) is 9.97 Å². The number of hydrogen-bond donors (Lipinski definition) is 0. The smallest absolute Gasteiger partial charge is 0.231 e. The number of aryl methyl sites for hydroxylation is 1. The fourth-order valence-electron chi connectivity index (χ4n) is 3.77. The molecule has 3 heterocycles. The van der Waals surface area contributed by atoms with E-state index in [9.17, 15) is 4.79 Å². The Balaban J connectivity index is 1.41. The lowest BCUT2D eigenvalue weighted by Crippen LogP contribution is -2.06. The standard InChI is InChI=1S/C23H19N3O3S/c1-14-9-18(15(2)26(14)16-7-8-21-22(10-16)29-13-28-21)20(27)11-30-23-17-5-3-4-6-19(17)24-12-25-23/h3-10,12H,11,13H2,1-2H3. The van der Waals surface area contributed by atoms with Gasteiger partial charge >= 0.3 is 0 Å². The molecule has 0 aliphatic carbocycles. The van der Waals surface area contributed by atoms with E-state index in [1.807, 2.05) is 62.4 Å². The van der Waals surface area contributed by atoms with Crippen LogP contribution in [0.4, 0.5) is 0 Å². The fourth-order valence-corrected chi connectivity index (χ4v) is 4.65. The average molecular weight is 417 g/mol. The second kappa shape index (κ2) is 7.50. The van der Waals surface area contributed by atoms with Crippen molar-refractivity contribution in [2.24, 2.45) is 0 Å². The Morgan fingerprint density at radius 1 is 1.07 bits per heavy atom. The molecule has 6 nitrogen and oxygen atoms in total. The van der Waals surface area contributed by atoms with Crippen LogP contribution in [0.2, 0.25) is 0 Å². The van der Waals surface area contributed by atoms with Crippen LogP contribution < -0.4 is 9.47 Å². The van der Waals surface area contributed by atoms with Gasteiger partial charge in [0.05, 0.1) is 11.3 Å². The number of nitrogens with zero attached hydrogens (tertiary/aromatic N) is 3. The largest absolute Gasteiger partial charge is 0.454 e. The molecule has 150 valence electrons. The van der Waals surface area contributed by atoms with Crippen LogP contribution in [0.25, 0.3) is 16.6 Å². The summed E-state index contributed by atoms with van der Waals surface area (Å²) in [7, 11) is 0. The highest BCUT2D eigenvalue weighted by Crippen LogP contribution is 2.35. The van der Waals surface area contributed by atoms with Gasteiger partial charge in [0.25, 0.3) is 0 Å². The van der Waals surface area contributed by atoms with E-state index < -0.39 is 0 Å². The van der Waals surface area contributed by atoms with E-state index >= 15 is 0 Å². The van der Waals surface area contributed by atoms with Gasteiger partial charge in [-0.1, -0.05) is 30.0 Å². The van der Waals surface area contributed by atoms with E-state index in [1.165, 1.54) is 11.8 Å².